The highest BCUT2D eigenvalue weighted by Gasteiger charge is 2.29. The van der Waals surface area contributed by atoms with E-state index in [1.807, 2.05) is 18.2 Å². The van der Waals surface area contributed by atoms with Crippen LogP contribution in [-0.4, -0.2) is 27.4 Å². The van der Waals surface area contributed by atoms with E-state index in [0.29, 0.717) is 23.6 Å². The third-order valence-electron chi connectivity index (χ3n) is 3.43. The summed E-state index contributed by atoms with van der Waals surface area (Å²) in [5.74, 6) is 0.362. The minimum atomic E-state index is -0.0958. The first-order chi connectivity index (χ1) is 10.6. The number of amidine groups is 1. The highest BCUT2D eigenvalue weighted by atomic mass is 32.1. The highest BCUT2D eigenvalue weighted by Crippen LogP contribution is 2.27. The molecule has 0 fully saturated rings. The lowest BCUT2D eigenvalue weighted by Crippen LogP contribution is -2.26. The van der Waals surface area contributed by atoms with Crippen molar-refractivity contribution in [2.45, 2.75) is 6.54 Å². The average molecular weight is 311 g/mol. The molecule has 1 aliphatic heterocycles. The minimum Gasteiger partial charge on any atom is -0.290 e. The number of thiol groups is 1. The summed E-state index contributed by atoms with van der Waals surface area (Å²) >= 11 is 3.98. The Hall–Kier alpha value is -2.67. The maximum Gasteiger partial charge on any atom is 0.260 e. The van der Waals surface area contributed by atoms with Crippen molar-refractivity contribution >= 4 is 36.7 Å². The summed E-state index contributed by atoms with van der Waals surface area (Å²) < 4.78 is 1.05. The van der Waals surface area contributed by atoms with E-state index in [1.165, 1.54) is 0 Å². The van der Waals surface area contributed by atoms with Crippen LogP contribution in [0, 0.1) is 10.8 Å². The van der Waals surface area contributed by atoms with Crippen molar-refractivity contribution in [2.24, 2.45) is 0 Å². The molecule has 6 nitrogen and oxygen atoms in total. The Labute approximate surface area is 133 Å². The van der Waals surface area contributed by atoms with Gasteiger partial charge in [-0.1, -0.05) is 37.1 Å². The summed E-state index contributed by atoms with van der Waals surface area (Å²) in [6.45, 7) is 0.466. The van der Waals surface area contributed by atoms with Gasteiger partial charge in [-0.15, -0.1) is 0 Å². The SMILES string of the molecule is N=CN(S)C(=N)c1cccc(N2Cc3ccccc3C2=O)n1. The van der Waals surface area contributed by atoms with E-state index in [1.54, 1.807) is 29.2 Å². The van der Waals surface area contributed by atoms with E-state index in [2.05, 4.69) is 17.8 Å². The lowest BCUT2D eigenvalue weighted by molar-refractivity contribution is 0.0996. The Kier molecular flexibility index (Phi) is 3.64. The van der Waals surface area contributed by atoms with Crippen LogP contribution in [0.1, 0.15) is 21.6 Å². The number of amides is 1. The van der Waals surface area contributed by atoms with Crippen LogP contribution in [0.15, 0.2) is 42.5 Å². The van der Waals surface area contributed by atoms with Crippen LogP contribution in [0.2, 0.25) is 0 Å². The second kappa shape index (κ2) is 5.61. The number of carbonyl (C=O) groups excluding carboxylic acids is 1. The van der Waals surface area contributed by atoms with Gasteiger partial charge < -0.3 is 0 Å². The van der Waals surface area contributed by atoms with Crippen molar-refractivity contribution in [2.75, 3.05) is 4.90 Å². The quantitative estimate of drug-likeness (QED) is 0.462. The van der Waals surface area contributed by atoms with Gasteiger partial charge in [0.05, 0.1) is 12.9 Å². The topological polar surface area (TPSA) is 84.1 Å². The molecule has 2 N–H and O–H groups in total. The van der Waals surface area contributed by atoms with Crippen molar-refractivity contribution in [3.8, 4) is 0 Å². The van der Waals surface area contributed by atoms with E-state index in [0.717, 1.165) is 16.2 Å². The zero-order valence-corrected chi connectivity index (χ0v) is 12.4. The van der Waals surface area contributed by atoms with Gasteiger partial charge in [-0.3, -0.25) is 24.8 Å². The Morgan fingerprint density at radius 1 is 1.27 bits per heavy atom. The third kappa shape index (κ3) is 2.35. The van der Waals surface area contributed by atoms with Gasteiger partial charge in [0, 0.05) is 5.56 Å². The molecule has 2 heterocycles. The van der Waals surface area contributed by atoms with Crippen molar-refractivity contribution in [1.29, 1.82) is 10.8 Å². The van der Waals surface area contributed by atoms with Crippen molar-refractivity contribution in [3.05, 3.63) is 59.3 Å². The molecule has 0 radical (unpaired) electrons. The molecule has 0 spiro atoms. The summed E-state index contributed by atoms with van der Waals surface area (Å²) in [6, 6.07) is 12.6. The monoisotopic (exact) mass is 311 g/mol. The van der Waals surface area contributed by atoms with Gasteiger partial charge in [0.2, 0.25) is 0 Å². The standard InChI is InChI=1S/C15H13N5OS/c16-9-20(22)14(17)12-6-3-7-13(18-12)19-8-10-4-1-2-5-11(10)15(19)21/h1-7,9,16-17,22H,8H2. The third-order valence-corrected chi connectivity index (χ3v) is 3.74. The Morgan fingerprint density at radius 2 is 2.05 bits per heavy atom. The van der Waals surface area contributed by atoms with Gasteiger partial charge in [0.25, 0.3) is 5.91 Å². The fraction of sp³-hybridized carbons (Fsp3) is 0.0667. The predicted molar refractivity (Wildman–Crippen MR) is 87.6 cm³/mol. The number of pyridine rings is 1. The normalized spacial score (nSPS) is 13.0. The Balaban J connectivity index is 1.93. The molecule has 0 atom stereocenters. The number of nitrogens with one attached hydrogen (secondary N) is 2. The first-order valence-electron chi connectivity index (χ1n) is 6.56. The van der Waals surface area contributed by atoms with E-state index < -0.39 is 0 Å². The fourth-order valence-corrected chi connectivity index (χ4v) is 2.43. The van der Waals surface area contributed by atoms with Crippen LogP contribution in [0.5, 0.6) is 0 Å². The van der Waals surface area contributed by atoms with Crippen LogP contribution in [0.3, 0.4) is 0 Å². The molecule has 1 amide bonds. The van der Waals surface area contributed by atoms with Gasteiger partial charge in [0.15, 0.2) is 5.84 Å². The highest BCUT2D eigenvalue weighted by molar-refractivity contribution is 7.79. The number of hydrogen-bond acceptors (Lipinski definition) is 5. The van der Waals surface area contributed by atoms with Crippen molar-refractivity contribution in [3.63, 3.8) is 0 Å². The average Bonchev–Trinajstić information content (AvgIpc) is 2.91. The lowest BCUT2D eigenvalue weighted by Gasteiger charge is -2.17. The number of anilines is 1. The molecule has 1 aromatic carbocycles. The minimum absolute atomic E-state index is 0.0238. The maximum absolute atomic E-state index is 12.4. The van der Waals surface area contributed by atoms with Crippen LogP contribution in [0.4, 0.5) is 5.82 Å². The van der Waals surface area contributed by atoms with Crippen molar-refractivity contribution < 1.29 is 4.79 Å². The van der Waals surface area contributed by atoms with E-state index >= 15 is 0 Å². The first-order valence-corrected chi connectivity index (χ1v) is 6.96. The summed E-state index contributed by atoms with van der Waals surface area (Å²) in [5, 5.41) is 15.0. The van der Waals surface area contributed by atoms with E-state index in [4.69, 9.17) is 10.8 Å². The van der Waals surface area contributed by atoms with Crippen LogP contribution < -0.4 is 4.90 Å². The van der Waals surface area contributed by atoms with E-state index in [-0.39, 0.29) is 11.7 Å². The lowest BCUT2D eigenvalue weighted by atomic mass is 10.1. The number of rotatable bonds is 3. The fourth-order valence-electron chi connectivity index (χ4n) is 2.33. The molecule has 0 aliphatic carbocycles. The van der Waals surface area contributed by atoms with Crippen LogP contribution in [-0.2, 0) is 6.54 Å². The van der Waals surface area contributed by atoms with Gasteiger partial charge in [-0.25, -0.2) is 4.98 Å². The van der Waals surface area contributed by atoms with Gasteiger partial charge in [0.1, 0.15) is 11.5 Å². The second-order valence-corrected chi connectivity index (χ2v) is 5.18. The number of hydrogen-bond donors (Lipinski definition) is 3. The Bertz CT molecular complexity index is 776. The Morgan fingerprint density at radius 3 is 2.77 bits per heavy atom. The molecule has 1 aromatic heterocycles. The van der Waals surface area contributed by atoms with Gasteiger partial charge >= 0.3 is 0 Å². The molecule has 110 valence electrons. The molecule has 0 saturated carbocycles. The molecule has 2 aromatic rings. The molecule has 0 saturated heterocycles. The van der Waals surface area contributed by atoms with E-state index in [9.17, 15) is 4.79 Å². The van der Waals surface area contributed by atoms with Gasteiger partial charge in [-0.2, -0.15) is 0 Å². The molecule has 3 rings (SSSR count). The molecule has 7 heteroatoms. The summed E-state index contributed by atoms with van der Waals surface area (Å²) in [5.41, 5.74) is 1.99. The smallest absolute Gasteiger partial charge is 0.260 e. The zero-order chi connectivity index (χ0) is 15.7. The summed E-state index contributed by atoms with van der Waals surface area (Å²) in [4.78, 5) is 18.4. The summed E-state index contributed by atoms with van der Waals surface area (Å²) in [7, 11) is 0. The van der Waals surface area contributed by atoms with Crippen LogP contribution in [0.25, 0.3) is 0 Å². The number of carbonyl (C=O) groups is 1. The predicted octanol–water partition coefficient (Wildman–Crippen LogP) is 2.32. The molecule has 22 heavy (non-hydrogen) atoms. The number of benzene rings is 1. The number of aromatic nitrogens is 1. The second-order valence-electron chi connectivity index (χ2n) is 4.75. The van der Waals surface area contributed by atoms with Gasteiger partial charge in [-0.05, 0) is 23.8 Å². The molecular weight excluding hydrogens is 298 g/mol. The largest absolute Gasteiger partial charge is 0.290 e. The molecular formula is C15H13N5OS. The summed E-state index contributed by atoms with van der Waals surface area (Å²) in [6.07, 6.45) is 0.913. The van der Waals surface area contributed by atoms with Crippen molar-refractivity contribution in [1.82, 2.24) is 9.29 Å². The first kappa shape index (κ1) is 14.3. The number of nitrogens with zero attached hydrogens (tertiary/aromatic N) is 3. The zero-order valence-electron chi connectivity index (χ0n) is 11.5. The maximum atomic E-state index is 12.4. The molecule has 0 bridgehead atoms. The number of fused-ring (bicyclic) bond motifs is 1. The van der Waals surface area contributed by atoms with Crippen LogP contribution >= 0.6 is 12.8 Å². The molecule has 1 aliphatic rings. The molecule has 0 unspecified atom stereocenters.